The molecule has 162 valence electrons. The van der Waals surface area contributed by atoms with E-state index in [2.05, 4.69) is 10.1 Å². The van der Waals surface area contributed by atoms with E-state index in [1.807, 2.05) is 31.6 Å². The second-order valence-corrected chi connectivity index (χ2v) is 8.18. The van der Waals surface area contributed by atoms with Gasteiger partial charge in [-0.25, -0.2) is 14.6 Å². The van der Waals surface area contributed by atoms with Crippen molar-refractivity contribution < 1.29 is 23.8 Å². The minimum Gasteiger partial charge on any atom is -0.497 e. The molecule has 3 rings (SSSR count). The van der Waals surface area contributed by atoms with Gasteiger partial charge in [0.2, 0.25) is 0 Å². The summed E-state index contributed by atoms with van der Waals surface area (Å²) >= 11 is 0. The van der Waals surface area contributed by atoms with Gasteiger partial charge in [0.15, 0.2) is 5.69 Å². The van der Waals surface area contributed by atoms with Gasteiger partial charge in [-0.15, -0.1) is 0 Å². The molecule has 0 bridgehead atoms. The van der Waals surface area contributed by atoms with Gasteiger partial charge in [0.1, 0.15) is 11.4 Å². The molecular formula is C21H28N4O5. The lowest BCUT2D eigenvalue weighted by Gasteiger charge is -2.33. The number of ether oxygens (including phenoxy) is 3. The second kappa shape index (κ2) is 8.73. The van der Waals surface area contributed by atoms with Crippen LogP contribution in [0.2, 0.25) is 0 Å². The highest BCUT2D eigenvalue weighted by Gasteiger charge is 2.28. The number of amides is 1. The number of carbonyl (C=O) groups excluding carboxylic acids is 2. The lowest BCUT2D eigenvalue weighted by molar-refractivity contribution is 0.0184. The van der Waals surface area contributed by atoms with Crippen LogP contribution < -0.4 is 4.74 Å². The molecule has 0 radical (unpaired) electrons. The molecule has 0 N–H and O–H groups in total. The van der Waals surface area contributed by atoms with Crippen LogP contribution in [0.15, 0.2) is 24.5 Å². The maximum Gasteiger partial charge on any atom is 0.410 e. The summed E-state index contributed by atoms with van der Waals surface area (Å²) < 4.78 is 17.4. The summed E-state index contributed by atoms with van der Waals surface area (Å²) in [6.45, 7) is 6.81. The Balaban J connectivity index is 1.70. The average molecular weight is 416 g/mol. The Morgan fingerprint density at radius 1 is 1.13 bits per heavy atom. The van der Waals surface area contributed by atoms with E-state index in [-0.39, 0.29) is 17.8 Å². The lowest BCUT2D eigenvalue weighted by Crippen LogP contribution is -2.42. The van der Waals surface area contributed by atoms with Gasteiger partial charge < -0.3 is 19.1 Å². The molecule has 0 unspecified atom stereocenters. The van der Waals surface area contributed by atoms with Gasteiger partial charge in [-0.2, -0.15) is 5.10 Å². The quantitative estimate of drug-likeness (QED) is 0.706. The summed E-state index contributed by atoms with van der Waals surface area (Å²) in [4.78, 5) is 30.2. The molecule has 1 fully saturated rings. The zero-order chi connectivity index (χ0) is 21.9. The van der Waals surface area contributed by atoms with Crippen molar-refractivity contribution in [2.75, 3.05) is 27.3 Å². The number of pyridine rings is 1. The molecule has 9 nitrogen and oxygen atoms in total. The van der Waals surface area contributed by atoms with Crippen molar-refractivity contribution in [3.63, 3.8) is 0 Å². The number of methoxy groups -OCH3 is 2. The third-order valence-electron chi connectivity index (χ3n) is 4.82. The van der Waals surface area contributed by atoms with Crippen LogP contribution in [0.1, 0.15) is 50.1 Å². The Kier molecular flexibility index (Phi) is 6.28. The van der Waals surface area contributed by atoms with Crippen LogP contribution in [0.5, 0.6) is 5.75 Å². The number of esters is 1. The fourth-order valence-electron chi connectivity index (χ4n) is 3.29. The molecule has 2 aromatic rings. The number of hydrogen-bond acceptors (Lipinski definition) is 7. The summed E-state index contributed by atoms with van der Waals surface area (Å²) in [7, 11) is 2.84. The Bertz CT molecular complexity index is 910. The highest BCUT2D eigenvalue weighted by atomic mass is 16.6. The van der Waals surface area contributed by atoms with Crippen LogP contribution in [-0.2, 0) is 9.47 Å². The van der Waals surface area contributed by atoms with Gasteiger partial charge >= 0.3 is 12.1 Å². The molecule has 9 heteroatoms. The first-order valence-electron chi connectivity index (χ1n) is 9.87. The summed E-state index contributed by atoms with van der Waals surface area (Å²) in [6, 6.07) is 3.45. The predicted molar refractivity (Wildman–Crippen MR) is 109 cm³/mol. The number of nitrogens with zero attached hydrogens (tertiary/aromatic N) is 4. The molecule has 0 atom stereocenters. The largest absolute Gasteiger partial charge is 0.497 e. The van der Waals surface area contributed by atoms with Crippen molar-refractivity contribution in [3.8, 4) is 17.0 Å². The summed E-state index contributed by atoms with van der Waals surface area (Å²) in [5, 5.41) is 4.48. The number of rotatable bonds is 4. The molecule has 1 saturated heterocycles. The van der Waals surface area contributed by atoms with E-state index in [0.29, 0.717) is 24.5 Å². The van der Waals surface area contributed by atoms with E-state index in [1.54, 1.807) is 17.2 Å². The van der Waals surface area contributed by atoms with Crippen molar-refractivity contribution in [2.45, 2.75) is 45.3 Å². The first kappa shape index (κ1) is 21.6. The van der Waals surface area contributed by atoms with Crippen molar-refractivity contribution in [2.24, 2.45) is 0 Å². The van der Waals surface area contributed by atoms with Crippen LogP contribution >= 0.6 is 0 Å². The van der Waals surface area contributed by atoms with E-state index < -0.39 is 11.6 Å². The standard InChI is InChI=1S/C21H28N4O5/c1-21(2,3)30-20(27)24-8-6-15(7-9-24)25-13-14(12-22-25)17-10-16(28-4)11-18(23-17)19(26)29-5/h10-13,15H,6-9H2,1-5H3. The Labute approximate surface area is 175 Å². The van der Waals surface area contributed by atoms with Crippen molar-refractivity contribution in [1.82, 2.24) is 19.7 Å². The van der Waals surface area contributed by atoms with E-state index >= 15 is 0 Å². The van der Waals surface area contributed by atoms with Crippen LogP contribution in [0.25, 0.3) is 11.3 Å². The average Bonchev–Trinajstić information content (AvgIpc) is 3.22. The van der Waals surface area contributed by atoms with Crippen LogP contribution in [0, 0.1) is 0 Å². The second-order valence-electron chi connectivity index (χ2n) is 8.18. The fraction of sp³-hybridized carbons (Fsp3) is 0.524. The Hall–Kier alpha value is -3.10. The summed E-state index contributed by atoms with van der Waals surface area (Å²) in [6.07, 6.45) is 4.89. The topological polar surface area (TPSA) is 95.8 Å². The van der Waals surface area contributed by atoms with Crippen LogP contribution in [0.4, 0.5) is 4.79 Å². The molecule has 0 saturated carbocycles. The van der Waals surface area contributed by atoms with Crippen molar-refractivity contribution in [3.05, 3.63) is 30.2 Å². The molecule has 3 heterocycles. The minimum atomic E-state index is -0.531. The lowest BCUT2D eigenvalue weighted by atomic mass is 10.1. The van der Waals surface area contributed by atoms with E-state index in [1.165, 1.54) is 20.3 Å². The van der Waals surface area contributed by atoms with Gasteiger partial charge in [0.05, 0.1) is 32.2 Å². The van der Waals surface area contributed by atoms with Crippen LogP contribution in [-0.4, -0.2) is 64.6 Å². The number of piperidine rings is 1. The van der Waals surface area contributed by atoms with E-state index in [9.17, 15) is 9.59 Å². The van der Waals surface area contributed by atoms with Gasteiger partial charge in [0.25, 0.3) is 0 Å². The number of hydrogen-bond donors (Lipinski definition) is 0. The van der Waals surface area contributed by atoms with Gasteiger partial charge in [-0.3, -0.25) is 4.68 Å². The molecule has 0 spiro atoms. The number of carbonyl (C=O) groups is 2. The fourth-order valence-corrected chi connectivity index (χ4v) is 3.29. The van der Waals surface area contributed by atoms with Gasteiger partial charge in [-0.05, 0) is 33.6 Å². The molecule has 1 amide bonds. The van der Waals surface area contributed by atoms with Crippen LogP contribution in [0.3, 0.4) is 0 Å². The number of likely N-dealkylation sites (tertiary alicyclic amines) is 1. The highest BCUT2D eigenvalue weighted by molar-refractivity contribution is 5.88. The summed E-state index contributed by atoms with van der Waals surface area (Å²) in [5.74, 6) is -0.0177. The molecular weight excluding hydrogens is 388 g/mol. The zero-order valence-corrected chi connectivity index (χ0v) is 18.0. The monoisotopic (exact) mass is 416 g/mol. The summed E-state index contributed by atoms with van der Waals surface area (Å²) in [5.41, 5.74) is 1.02. The molecule has 1 aliphatic heterocycles. The maximum absolute atomic E-state index is 12.2. The van der Waals surface area contributed by atoms with Crippen molar-refractivity contribution >= 4 is 12.1 Å². The Morgan fingerprint density at radius 3 is 2.43 bits per heavy atom. The smallest absolute Gasteiger partial charge is 0.410 e. The third kappa shape index (κ3) is 5.08. The first-order valence-corrected chi connectivity index (χ1v) is 9.87. The van der Waals surface area contributed by atoms with E-state index in [0.717, 1.165) is 18.4 Å². The number of aromatic nitrogens is 3. The third-order valence-corrected chi connectivity index (χ3v) is 4.82. The SMILES string of the molecule is COC(=O)c1cc(OC)cc(-c2cnn(C3CCN(C(=O)OC(C)(C)C)CC3)c2)n1. The molecule has 2 aromatic heterocycles. The minimum absolute atomic E-state index is 0.170. The van der Waals surface area contributed by atoms with E-state index in [4.69, 9.17) is 14.2 Å². The normalized spacial score (nSPS) is 15.0. The molecule has 0 aliphatic carbocycles. The Morgan fingerprint density at radius 2 is 1.83 bits per heavy atom. The molecule has 0 aromatic carbocycles. The maximum atomic E-state index is 12.2. The molecule has 30 heavy (non-hydrogen) atoms. The zero-order valence-electron chi connectivity index (χ0n) is 18.0. The predicted octanol–water partition coefficient (Wildman–Crippen LogP) is 3.31. The highest BCUT2D eigenvalue weighted by Crippen LogP contribution is 2.27. The van der Waals surface area contributed by atoms with Gasteiger partial charge in [-0.1, -0.05) is 0 Å². The van der Waals surface area contributed by atoms with Gasteiger partial charge in [0, 0.05) is 37.0 Å². The first-order chi connectivity index (χ1) is 14.2. The molecule has 1 aliphatic rings. The van der Waals surface area contributed by atoms with Crippen molar-refractivity contribution in [1.29, 1.82) is 0 Å².